The van der Waals surface area contributed by atoms with Crippen LogP contribution in [0.2, 0.25) is 10.0 Å². The molecular formula is C19H18Cl2N2O2. The zero-order chi connectivity index (χ0) is 18.4. The van der Waals surface area contributed by atoms with Crippen molar-refractivity contribution in [3.63, 3.8) is 0 Å². The van der Waals surface area contributed by atoms with E-state index in [-0.39, 0.29) is 12.5 Å². The lowest BCUT2D eigenvalue weighted by Gasteiger charge is -2.23. The Hall–Kier alpha value is -2.04. The maximum Gasteiger partial charge on any atom is 0.325 e. The third kappa shape index (κ3) is 3.12. The summed E-state index contributed by atoms with van der Waals surface area (Å²) in [5, 5.41) is 3.59. The summed E-state index contributed by atoms with van der Waals surface area (Å²) in [7, 11) is 0. The SMILES string of the molecule is Cc1ccc(C)c(CN2C(=O)N[C@](C)(c3ccc(Cl)cc3Cl)C2=O)c1. The van der Waals surface area contributed by atoms with Crippen LogP contribution in [-0.2, 0) is 16.9 Å². The molecule has 0 aromatic heterocycles. The average molecular weight is 377 g/mol. The van der Waals surface area contributed by atoms with E-state index >= 15 is 0 Å². The van der Waals surface area contributed by atoms with Gasteiger partial charge in [-0.25, -0.2) is 4.79 Å². The van der Waals surface area contributed by atoms with E-state index in [1.54, 1.807) is 25.1 Å². The van der Waals surface area contributed by atoms with Crippen LogP contribution in [0.25, 0.3) is 0 Å². The van der Waals surface area contributed by atoms with Gasteiger partial charge >= 0.3 is 6.03 Å². The molecule has 1 atom stereocenters. The predicted octanol–water partition coefficient (Wildman–Crippen LogP) is 4.58. The molecule has 0 unspecified atom stereocenters. The highest BCUT2D eigenvalue weighted by atomic mass is 35.5. The maximum atomic E-state index is 13.0. The van der Waals surface area contributed by atoms with Crippen LogP contribution < -0.4 is 5.32 Å². The van der Waals surface area contributed by atoms with Crippen molar-refractivity contribution in [3.8, 4) is 0 Å². The lowest BCUT2D eigenvalue weighted by Crippen LogP contribution is -2.41. The van der Waals surface area contributed by atoms with Crippen molar-refractivity contribution >= 4 is 35.1 Å². The van der Waals surface area contributed by atoms with Gasteiger partial charge in [-0.3, -0.25) is 9.69 Å². The van der Waals surface area contributed by atoms with E-state index in [1.807, 2.05) is 32.0 Å². The first-order valence-electron chi connectivity index (χ1n) is 7.88. The zero-order valence-electron chi connectivity index (χ0n) is 14.2. The molecular weight excluding hydrogens is 359 g/mol. The van der Waals surface area contributed by atoms with Crippen molar-refractivity contribution in [3.05, 3.63) is 68.7 Å². The molecule has 0 aliphatic carbocycles. The molecule has 1 saturated heterocycles. The molecule has 3 amide bonds. The topological polar surface area (TPSA) is 49.4 Å². The van der Waals surface area contributed by atoms with Gasteiger partial charge in [-0.15, -0.1) is 0 Å². The summed E-state index contributed by atoms with van der Waals surface area (Å²) in [6.07, 6.45) is 0. The van der Waals surface area contributed by atoms with Gasteiger partial charge in [-0.05, 0) is 44.0 Å². The first-order chi connectivity index (χ1) is 11.7. The van der Waals surface area contributed by atoms with E-state index in [2.05, 4.69) is 5.32 Å². The Labute approximate surface area is 156 Å². The normalized spacial score (nSPS) is 20.1. The first kappa shape index (κ1) is 17.8. The molecule has 0 radical (unpaired) electrons. The average Bonchev–Trinajstić information content (AvgIpc) is 2.74. The largest absolute Gasteiger partial charge is 0.325 e. The van der Waals surface area contributed by atoms with Crippen LogP contribution in [0.4, 0.5) is 4.79 Å². The van der Waals surface area contributed by atoms with Crippen LogP contribution in [0.5, 0.6) is 0 Å². The molecule has 0 spiro atoms. The fourth-order valence-corrected chi connectivity index (χ4v) is 3.66. The Morgan fingerprint density at radius 1 is 1.08 bits per heavy atom. The Morgan fingerprint density at radius 3 is 2.48 bits per heavy atom. The number of amides is 3. The molecule has 1 N–H and O–H groups in total. The monoisotopic (exact) mass is 376 g/mol. The van der Waals surface area contributed by atoms with Crippen LogP contribution in [0.1, 0.15) is 29.2 Å². The fourth-order valence-electron chi connectivity index (χ4n) is 3.06. The number of nitrogens with one attached hydrogen (secondary N) is 1. The van der Waals surface area contributed by atoms with Crippen LogP contribution in [-0.4, -0.2) is 16.8 Å². The number of hydrogen-bond acceptors (Lipinski definition) is 2. The molecule has 25 heavy (non-hydrogen) atoms. The second-order valence-corrected chi connectivity index (χ2v) is 7.34. The van der Waals surface area contributed by atoms with Crippen LogP contribution in [0.3, 0.4) is 0 Å². The van der Waals surface area contributed by atoms with Gasteiger partial charge in [-0.2, -0.15) is 0 Å². The number of carbonyl (C=O) groups is 2. The number of carbonyl (C=O) groups excluding carboxylic acids is 2. The van der Waals surface area contributed by atoms with Gasteiger partial charge in [0.2, 0.25) is 0 Å². The molecule has 2 aromatic rings. The summed E-state index contributed by atoms with van der Waals surface area (Å²) < 4.78 is 0. The Morgan fingerprint density at radius 2 is 1.80 bits per heavy atom. The molecule has 3 rings (SSSR count). The minimum atomic E-state index is -1.21. The van der Waals surface area contributed by atoms with Gasteiger partial charge in [0.05, 0.1) is 6.54 Å². The van der Waals surface area contributed by atoms with Crippen LogP contribution in [0, 0.1) is 13.8 Å². The van der Waals surface area contributed by atoms with Crippen molar-refractivity contribution in [2.75, 3.05) is 0 Å². The van der Waals surface area contributed by atoms with E-state index in [9.17, 15) is 9.59 Å². The number of aryl methyl sites for hydroxylation is 2. The van der Waals surface area contributed by atoms with Crippen molar-refractivity contribution in [1.82, 2.24) is 10.2 Å². The van der Waals surface area contributed by atoms with E-state index in [4.69, 9.17) is 23.2 Å². The first-order valence-corrected chi connectivity index (χ1v) is 8.64. The molecule has 2 aromatic carbocycles. The number of rotatable bonds is 3. The quantitative estimate of drug-likeness (QED) is 0.797. The molecule has 1 aliphatic rings. The Kier molecular flexibility index (Phi) is 4.52. The highest BCUT2D eigenvalue weighted by molar-refractivity contribution is 6.35. The van der Waals surface area contributed by atoms with Gasteiger partial charge in [0.15, 0.2) is 0 Å². The third-order valence-corrected chi connectivity index (χ3v) is 5.13. The summed E-state index contributed by atoms with van der Waals surface area (Å²) >= 11 is 12.2. The summed E-state index contributed by atoms with van der Waals surface area (Å²) in [4.78, 5) is 26.7. The predicted molar refractivity (Wildman–Crippen MR) is 98.8 cm³/mol. The van der Waals surface area contributed by atoms with E-state index in [0.29, 0.717) is 15.6 Å². The van der Waals surface area contributed by atoms with E-state index in [0.717, 1.165) is 16.7 Å². The van der Waals surface area contributed by atoms with Crippen molar-refractivity contribution in [2.45, 2.75) is 32.9 Å². The standard InChI is InChI=1S/C19H18Cl2N2O2/c1-11-4-5-12(2)13(8-11)10-23-17(24)19(3,22-18(23)25)15-7-6-14(20)9-16(15)21/h4-9H,10H2,1-3H3,(H,22,25)/t19-/m1/s1. The minimum absolute atomic E-state index is 0.221. The highest BCUT2D eigenvalue weighted by Crippen LogP contribution is 2.35. The number of nitrogens with zero attached hydrogens (tertiary/aromatic N) is 1. The molecule has 0 bridgehead atoms. The molecule has 130 valence electrons. The van der Waals surface area contributed by atoms with Gasteiger partial charge in [0, 0.05) is 15.6 Å². The maximum absolute atomic E-state index is 13.0. The number of urea groups is 1. The minimum Gasteiger partial charge on any atom is -0.319 e. The second kappa shape index (κ2) is 6.36. The van der Waals surface area contributed by atoms with Crippen molar-refractivity contribution in [1.29, 1.82) is 0 Å². The van der Waals surface area contributed by atoms with E-state index < -0.39 is 11.6 Å². The number of hydrogen-bond donors (Lipinski definition) is 1. The third-order valence-electron chi connectivity index (χ3n) is 4.58. The Bertz CT molecular complexity index is 882. The van der Waals surface area contributed by atoms with Crippen LogP contribution in [0.15, 0.2) is 36.4 Å². The smallest absolute Gasteiger partial charge is 0.319 e. The summed E-state index contributed by atoms with van der Waals surface area (Å²) in [6.45, 7) is 5.82. The number of halogens is 2. The summed E-state index contributed by atoms with van der Waals surface area (Å²) in [5.74, 6) is -0.331. The van der Waals surface area contributed by atoms with Crippen molar-refractivity contribution < 1.29 is 9.59 Å². The van der Waals surface area contributed by atoms with E-state index in [1.165, 1.54) is 4.90 Å². The molecule has 1 heterocycles. The van der Waals surface area contributed by atoms with Crippen LogP contribution >= 0.6 is 23.2 Å². The van der Waals surface area contributed by atoms with Gasteiger partial charge in [0.25, 0.3) is 5.91 Å². The number of imide groups is 1. The molecule has 6 heteroatoms. The highest BCUT2D eigenvalue weighted by Gasteiger charge is 2.49. The second-order valence-electron chi connectivity index (χ2n) is 6.50. The Balaban J connectivity index is 1.95. The fraction of sp³-hybridized carbons (Fsp3) is 0.263. The van der Waals surface area contributed by atoms with Crippen molar-refractivity contribution in [2.24, 2.45) is 0 Å². The molecule has 1 fully saturated rings. The molecule has 1 aliphatic heterocycles. The lowest BCUT2D eigenvalue weighted by atomic mass is 9.92. The molecule has 4 nitrogen and oxygen atoms in total. The lowest BCUT2D eigenvalue weighted by molar-refractivity contribution is -0.131. The zero-order valence-corrected chi connectivity index (χ0v) is 15.7. The molecule has 0 saturated carbocycles. The van der Waals surface area contributed by atoms with Gasteiger partial charge < -0.3 is 5.32 Å². The summed E-state index contributed by atoms with van der Waals surface area (Å²) in [6, 6.07) is 10.4. The summed E-state index contributed by atoms with van der Waals surface area (Å²) in [5.41, 5.74) is 2.37. The van der Waals surface area contributed by atoms with Gasteiger partial charge in [0.1, 0.15) is 5.54 Å². The number of benzene rings is 2. The van der Waals surface area contributed by atoms with Gasteiger partial charge in [-0.1, -0.05) is 53.0 Å².